The first kappa shape index (κ1) is 23.1. The smallest absolute Gasteiger partial charge is 0.424 e. The van der Waals surface area contributed by atoms with Crippen molar-refractivity contribution in [2.24, 2.45) is 5.92 Å². The van der Waals surface area contributed by atoms with Gasteiger partial charge >= 0.3 is 18.8 Å². The number of halogens is 6. The molecule has 0 saturated heterocycles. The molecule has 0 aliphatic heterocycles. The summed E-state index contributed by atoms with van der Waals surface area (Å²) in [5, 5.41) is 5.53. The Morgan fingerprint density at radius 2 is 1.87 bits per heavy atom. The van der Waals surface area contributed by atoms with Crippen LogP contribution in [-0.4, -0.2) is 45.4 Å². The molecule has 2 aromatic heterocycles. The van der Waals surface area contributed by atoms with E-state index in [1.54, 1.807) is 0 Å². The van der Waals surface area contributed by atoms with Crippen LogP contribution >= 0.6 is 0 Å². The molecule has 0 spiro atoms. The predicted molar refractivity (Wildman–Crippen MR) is 86.3 cm³/mol. The third kappa shape index (κ3) is 5.92. The van der Waals surface area contributed by atoms with Crippen LogP contribution in [0, 0.1) is 5.92 Å². The van der Waals surface area contributed by atoms with E-state index in [4.69, 9.17) is 0 Å². The highest BCUT2D eigenvalue weighted by atomic mass is 19.4. The first-order valence-electron chi connectivity index (χ1n) is 8.11. The van der Waals surface area contributed by atoms with E-state index in [1.165, 1.54) is 38.4 Å². The van der Waals surface area contributed by atoms with E-state index in [2.05, 4.69) is 19.6 Å². The van der Waals surface area contributed by atoms with Gasteiger partial charge in [-0.2, -0.15) is 13.9 Å². The standard InChI is InChI=1S/C16H14F6N4O4/c1-8(2)12(27)24-13(28)11-10(7-26(25-11)9-4-3-5-23-6-9)29-15(18,19)14(17)30-16(20,21)22/h3-8,14H,1-2H3,(H,24,27,28). The van der Waals surface area contributed by atoms with Crippen molar-refractivity contribution in [3.8, 4) is 11.4 Å². The van der Waals surface area contributed by atoms with E-state index < -0.39 is 48.0 Å². The van der Waals surface area contributed by atoms with Crippen LogP contribution in [0.5, 0.6) is 5.75 Å². The van der Waals surface area contributed by atoms with Crippen LogP contribution in [0.4, 0.5) is 26.3 Å². The molecule has 1 unspecified atom stereocenters. The highest BCUT2D eigenvalue weighted by Gasteiger charge is 2.51. The highest BCUT2D eigenvalue weighted by molar-refractivity contribution is 6.05. The topological polar surface area (TPSA) is 95.3 Å². The van der Waals surface area contributed by atoms with Crippen molar-refractivity contribution >= 4 is 11.8 Å². The normalized spacial score (nSPS) is 13.2. The fourth-order valence-corrected chi connectivity index (χ4v) is 1.91. The molecule has 1 N–H and O–H groups in total. The molecule has 0 aliphatic carbocycles. The first-order chi connectivity index (χ1) is 13.8. The Labute approximate surface area is 164 Å². The molecule has 14 heteroatoms. The summed E-state index contributed by atoms with van der Waals surface area (Å²) in [6.07, 6.45) is -11.9. The Hall–Kier alpha value is -3.16. The number of alkyl halides is 6. The third-order valence-electron chi connectivity index (χ3n) is 3.31. The van der Waals surface area contributed by atoms with E-state index in [0.29, 0.717) is 6.20 Å². The van der Waals surface area contributed by atoms with Gasteiger partial charge in [-0.1, -0.05) is 13.8 Å². The minimum Gasteiger partial charge on any atom is -0.424 e. The van der Waals surface area contributed by atoms with Gasteiger partial charge in [0.25, 0.3) is 5.91 Å². The van der Waals surface area contributed by atoms with Crippen molar-refractivity contribution in [2.75, 3.05) is 0 Å². The van der Waals surface area contributed by atoms with Crippen molar-refractivity contribution in [2.45, 2.75) is 32.7 Å². The molecule has 2 rings (SSSR count). The van der Waals surface area contributed by atoms with Gasteiger partial charge in [-0.3, -0.25) is 19.9 Å². The number of carbonyl (C=O) groups is 2. The molecule has 0 saturated carbocycles. The van der Waals surface area contributed by atoms with Crippen LogP contribution in [0.2, 0.25) is 0 Å². The summed E-state index contributed by atoms with van der Waals surface area (Å²) in [6.45, 7) is 2.87. The number of pyridine rings is 1. The van der Waals surface area contributed by atoms with E-state index in [-0.39, 0.29) is 5.69 Å². The molecule has 1 atom stereocenters. The summed E-state index contributed by atoms with van der Waals surface area (Å²) in [4.78, 5) is 27.7. The van der Waals surface area contributed by atoms with Crippen molar-refractivity contribution in [3.63, 3.8) is 0 Å². The third-order valence-corrected chi connectivity index (χ3v) is 3.31. The lowest BCUT2D eigenvalue weighted by Crippen LogP contribution is -2.41. The number of rotatable bonds is 7. The largest absolute Gasteiger partial charge is 0.525 e. The molecule has 0 bridgehead atoms. The number of carbonyl (C=O) groups excluding carboxylic acids is 2. The summed E-state index contributed by atoms with van der Waals surface area (Å²) in [6, 6.07) is 2.83. The number of amides is 2. The minimum atomic E-state index is -5.71. The molecular weight excluding hydrogens is 426 g/mol. The zero-order chi connectivity index (χ0) is 22.7. The fourth-order valence-electron chi connectivity index (χ4n) is 1.91. The molecule has 0 aromatic carbocycles. The molecule has 2 heterocycles. The number of nitrogens with one attached hydrogen (secondary N) is 1. The maximum absolute atomic E-state index is 13.8. The van der Waals surface area contributed by atoms with Gasteiger partial charge in [0.2, 0.25) is 5.91 Å². The van der Waals surface area contributed by atoms with Crippen molar-refractivity contribution in [1.82, 2.24) is 20.1 Å². The Balaban J connectivity index is 2.39. The lowest BCUT2D eigenvalue weighted by atomic mass is 10.2. The number of aromatic nitrogens is 3. The lowest BCUT2D eigenvalue weighted by Gasteiger charge is -2.21. The van der Waals surface area contributed by atoms with Crippen molar-refractivity contribution in [1.29, 1.82) is 0 Å². The fraction of sp³-hybridized carbons (Fsp3) is 0.375. The van der Waals surface area contributed by atoms with Gasteiger partial charge in [0.05, 0.1) is 18.1 Å². The molecule has 0 aliphatic rings. The van der Waals surface area contributed by atoms with Crippen LogP contribution in [0.25, 0.3) is 5.69 Å². The van der Waals surface area contributed by atoms with Gasteiger partial charge in [-0.05, 0) is 12.1 Å². The number of hydrogen-bond donors (Lipinski definition) is 1. The van der Waals surface area contributed by atoms with Crippen LogP contribution < -0.4 is 10.1 Å². The Morgan fingerprint density at radius 1 is 1.20 bits per heavy atom. The number of ether oxygens (including phenoxy) is 2. The minimum absolute atomic E-state index is 0.142. The molecule has 0 fully saturated rings. The van der Waals surface area contributed by atoms with E-state index in [1.807, 2.05) is 5.32 Å². The summed E-state index contributed by atoms with van der Waals surface area (Å²) in [5.74, 6) is -3.87. The number of hydrogen-bond acceptors (Lipinski definition) is 6. The average molecular weight is 440 g/mol. The van der Waals surface area contributed by atoms with Crippen LogP contribution in [0.1, 0.15) is 24.3 Å². The maximum Gasteiger partial charge on any atom is 0.525 e. The Kier molecular flexibility index (Phi) is 6.70. The van der Waals surface area contributed by atoms with Gasteiger partial charge in [0, 0.05) is 12.1 Å². The molecule has 8 nitrogen and oxygen atoms in total. The van der Waals surface area contributed by atoms with Crippen molar-refractivity contribution in [3.05, 3.63) is 36.4 Å². The first-order valence-corrected chi connectivity index (χ1v) is 8.11. The maximum atomic E-state index is 13.8. The van der Waals surface area contributed by atoms with Gasteiger partial charge in [0.1, 0.15) is 0 Å². The summed E-state index contributed by atoms with van der Waals surface area (Å²) in [7, 11) is 0. The second-order valence-corrected chi connectivity index (χ2v) is 6.01. The monoisotopic (exact) mass is 440 g/mol. The predicted octanol–water partition coefficient (Wildman–Crippen LogP) is 2.98. The molecule has 164 valence electrons. The number of imide groups is 1. The van der Waals surface area contributed by atoms with Crippen molar-refractivity contribution < 1.29 is 45.4 Å². The van der Waals surface area contributed by atoms with Gasteiger partial charge in [0.15, 0.2) is 11.4 Å². The molecule has 2 amide bonds. The van der Waals surface area contributed by atoms with E-state index >= 15 is 0 Å². The van der Waals surface area contributed by atoms with Gasteiger partial charge < -0.3 is 4.74 Å². The summed E-state index contributed by atoms with van der Waals surface area (Å²) >= 11 is 0. The quantitative estimate of drug-likeness (QED) is 0.666. The number of nitrogens with zero attached hydrogens (tertiary/aromatic N) is 3. The van der Waals surface area contributed by atoms with Gasteiger partial charge in [-0.15, -0.1) is 13.2 Å². The molecule has 0 radical (unpaired) electrons. The lowest BCUT2D eigenvalue weighted by molar-refractivity contribution is -0.411. The SMILES string of the molecule is CC(C)C(=O)NC(=O)c1nn(-c2cccnc2)cc1OC(F)(F)C(F)OC(F)(F)F. The Bertz CT molecular complexity index is 901. The van der Waals surface area contributed by atoms with E-state index in [9.17, 15) is 35.9 Å². The second-order valence-electron chi connectivity index (χ2n) is 6.01. The van der Waals surface area contributed by atoms with Crippen LogP contribution in [0.3, 0.4) is 0 Å². The molecule has 30 heavy (non-hydrogen) atoms. The average Bonchev–Trinajstić information content (AvgIpc) is 3.04. The zero-order valence-electron chi connectivity index (χ0n) is 15.3. The summed E-state index contributed by atoms with van der Waals surface area (Å²) < 4.78 is 84.6. The van der Waals surface area contributed by atoms with Crippen LogP contribution in [0.15, 0.2) is 30.7 Å². The second kappa shape index (κ2) is 8.69. The van der Waals surface area contributed by atoms with Crippen LogP contribution in [-0.2, 0) is 9.53 Å². The highest BCUT2D eigenvalue weighted by Crippen LogP contribution is 2.33. The summed E-state index contributed by atoms with van der Waals surface area (Å²) in [5.41, 5.74) is -0.769. The zero-order valence-corrected chi connectivity index (χ0v) is 15.3. The molecular formula is C16H14F6N4O4. The Morgan fingerprint density at radius 3 is 2.40 bits per heavy atom. The van der Waals surface area contributed by atoms with Gasteiger partial charge in [-0.25, -0.2) is 13.8 Å². The molecule has 2 aromatic rings. The van der Waals surface area contributed by atoms with E-state index in [0.717, 1.165) is 4.68 Å².